The molecule has 1 aliphatic carbocycles. The van der Waals surface area contributed by atoms with Crippen molar-refractivity contribution in [2.75, 3.05) is 33.2 Å². The van der Waals surface area contributed by atoms with Crippen LogP contribution in [0.2, 0.25) is 0 Å². The van der Waals surface area contributed by atoms with Crippen molar-refractivity contribution in [3.05, 3.63) is 35.4 Å². The maximum Gasteiger partial charge on any atom is 0.222 e. The Kier molecular flexibility index (Phi) is 7.46. The topological polar surface area (TPSA) is 52.7 Å². The largest absolute Gasteiger partial charge is 0.349 e. The molecule has 0 saturated carbocycles. The van der Waals surface area contributed by atoms with Gasteiger partial charge in [0.15, 0.2) is 0 Å². The fourth-order valence-corrected chi connectivity index (χ4v) is 5.06. The van der Waals surface area contributed by atoms with Gasteiger partial charge in [-0.2, -0.15) is 0 Å². The molecule has 5 heteroatoms. The van der Waals surface area contributed by atoms with Crippen molar-refractivity contribution < 1.29 is 9.59 Å². The fourth-order valence-electron chi connectivity index (χ4n) is 5.06. The first kappa shape index (κ1) is 23.8. The van der Waals surface area contributed by atoms with E-state index in [0.29, 0.717) is 18.4 Å². The van der Waals surface area contributed by atoms with Crippen molar-refractivity contribution in [2.24, 2.45) is 5.41 Å². The van der Waals surface area contributed by atoms with Crippen molar-refractivity contribution in [3.8, 4) is 0 Å². The van der Waals surface area contributed by atoms with Crippen molar-refractivity contribution >= 4 is 11.8 Å². The molecular formula is C26H41N3O2. The van der Waals surface area contributed by atoms with Gasteiger partial charge in [0.2, 0.25) is 11.8 Å². The quantitative estimate of drug-likeness (QED) is 0.737. The normalized spacial score (nSPS) is 20.9. The van der Waals surface area contributed by atoms with Crippen molar-refractivity contribution in [3.63, 3.8) is 0 Å². The number of hydrogen-bond donors (Lipinski definition) is 1. The van der Waals surface area contributed by atoms with Crippen LogP contribution in [0.15, 0.2) is 24.3 Å². The first-order valence-corrected chi connectivity index (χ1v) is 11.9. The van der Waals surface area contributed by atoms with Crippen LogP contribution in [-0.2, 0) is 15.0 Å². The number of fused-ring (bicyclic) bond motifs is 2. The summed E-state index contributed by atoms with van der Waals surface area (Å²) in [5.74, 6) is 0.0208. The smallest absolute Gasteiger partial charge is 0.222 e. The lowest BCUT2D eigenvalue weighted by Crippen LogP contribution is -2.46. The Hall–Kier alpha value is -1.88. The van der Waals surface area contributed by atoms with Gasteiger partial charge >= 0.3 is 0 Å². The van der Waals surface area contributed by atoms with Gasteiger partial charge in [0, 0.05) is 26.9 Å². The monoisotopic (exact) mass is 427 g/mol. The molecule has 1 spiro atoms. The third-order valence-corrected chi connectivity index (χ3v) is 7.36. The number of nitrogens with one attached hydrogen (secondary N) is 1. The average molecular weight is 428 g/mol. The molecule has 172 valence electrons. The summed E-state index contributed by atoms with van der Waals surface area (Å²) in [7, 11) is 1.74. The van der Waals surface area contributed by atoms with E-state index in [0.717, 1.165) is 12.8 Å². The summed E-state index contributed by atoms with van der Waals surface area (Å²) in [6.45, 7) is 12.5. The zero-order valence-corrected chi connectivity index (χ0v) is 20.2. The second-order valence-corrected chi connectivity index (χ2v) is 10.9. The highest BCUT2D eigenvalue weighted by Crippen LogP contribution is 2.48. The van der Waals surface area contributed by atoms with Gasteiger partial charge in [0.1, 0.15) is 0 Å². The Balaban J connectivity index is 1.63. The number of carbonyl (C=O) groups is 2. The van der Waals surface area contributed by atoms with E-state index in [9.17, 15) is 9.59 Å². The molecule has 1 heterocycles. The minimum atomic E-state index is -0.00778. The Morgan fingerprint density at radius 2 is 1.84 bits per heavy atom. The van der Waals surface area contributed by atoms with Crippen LogP contribution in [0.3, 0.4) is 0 Å². The number of rotatable bonds is 6. The molecule has 1 N–H and O–H groups in total. The predicted molar refractivity (Wildman–Crippen MR) is 126 cm³/mol. The number of likely N-dealkylation sites (tertiary alicyclic amines) is 1. The molecule has 0 bridgehead atoms. The lowest BCUT2D eigenvalue weighted by atomic mass is 9.63. The van der Waals surface area contributed by atoms with Crippen molar-refractivity contribution in [1.29, 1.82) is 0 Å². The molecule has 0 radical (unpaired) electrons. The number of piperidine rings is 1. The Bertz CT molecular complexity index is 775. The van der Waals surface area contributed by atoms with Crippen LogP contribution < -0.4 is 5.32 Å². The van der Waals surface area contributed by atoms with E-state index in [1.807, 2.05) is 0 Å². The van der Waals surface area contributed by atoms with Crippen LogP contribution >= 0.6 is 0 Å². The average Bonchev–Trinajstić information content (AvgIpc) is 2.73. The molecular weight excluding hydrogens is 386 g/mol. The molecule has 31 heavy (non-hydrogen) atoms. The second kappa shape index (κ2) is 9.72. The summed E-state index contributed by atoms with van der Waals surface area (Å²) in [6.07, 6.45) is 6.13. The SMILES string of the molecule is CC(=O)N(C)CCC(=O)N[C@H]1CCC2(CCN(CCC(C)(C)C)CC2)c2ccccc21. The maximum atomic E-state index is 12.6. The molecule has 2 aliphatic rings. The van der Waals surface area contributed by atoms with E-state index in [1.165, 1.54) is 56.9 Å². The molecule has 1 atom stereocenters. The summed E-state index contributed by atoms with van der Waals surface area (Å²) >= 11 is 0. The van der Waals surface area contributed by atoms with E-state index >= 15 is 0 Å². The highest BCUT2D eigenvalue weighted by atomic mass is 16.2. The molecule has 1 saturated heterocycles. The number of hydrogen-bond acceptors (Lipinski definition) is 3. The summed E-state index contributed by atoms with van der Waals surface area (Å²) in [5, 5.41) is 3.25. The number of amides is 2. The van der Waals surface area contributed by atoms with Gasteiger partial charge in [-0.25, -0.2) is 0 Å². The highest BCUT2D eigenvalue weighted by Gasteiger charge is 2.42. The predicted octanol–water partition coefficient (Wildman–Crippen LogP) is 4.28. The van der Waals surface area contributed by atoms with Crippen LogP contribution in [0.1, 0.15) is 83.4 Å². The maximum absolute atomic E-state index is 12.6. The molecule has 0 aromatic heterocycles. The third kappa shape index (κ3) is 6.09. The van der Waals surface area contributed by atoms with Gasteiger partial charge in [-0.3, -0.25) is 9.59 Å². The molecule has 2 amide bonds. The highest BCUT2D eigenvalue weighted by molar-refractivity contribution is 5.78. The van der Waals surface area contributed by atoms with Crippen LogP contribution in [-0.4, -0.2) is 54.8 Å². The molecule has 5 nitrogen and oxygen atoms in total. The molecule has 1 fully saturated rings. The van der Waals surface area contributed by atoms with E-state index in [-0.39, 0.29) is 23.3 Å². The van der Waals surface area contributed by atoms with Gasteiger partial charge < -0.3 is 15.1 Å². The lowest BCUT2D eigenvalue weighted by Gasteiger charge is -2.47. The Labute approximate surface area is 188 Å². The summed E-state index contributed by atoms with van der Waals surface area (Å²) in [6, 6.07) is 8.82. The standard InChI is InChI=1S/C26H41N3O2/c1-20(30)28(5)16-11-24(31)27-23-10-12-26(22-9-7-6-8-21(22)23)14-18-29(19-15-26)17-13-25(2,3)4/h6-9,23H,10-19H2,1-5H3,(H,27,31)/t23-/m0/s1. The first-order valence-electron chi connectivity index (χ1n) is 11.9. The summed E-state index contributed by atoms with van der Waals surface area (Å²) in [4.78, 5) is 28.2. The molecule has 1 aromatic carbocycles. The third-order valence-electron chi connectivity index (χ3n) is 7.36. The van der Waals surface area contributed by atoms with Gasteiger partial charge in [-0.1, -0.05) is 45.0 Å². The number of carbonyl (C=O) groups excluding carboxylic acids is 2. The molecule has 1 aromatic rings. The van der Waals surface area contributed by atoms with E-state index < -0.39 is 0 Å². The van der Waals surface area contributed by atoms with E-state index in [1.54, 1.807) is 11.9 Å². The van der Waals surface area contributed by atoms with Crippen molar-refractivity contribution in [1.82, 2.24) is 15.1 Å². The summed E-state index contributed by atoms with van der Waals surface area (Å²) in [5.41, 5.74) is 3.38. The number of nitrogens with zero attached hydrogens (tertiary/aromatic N) is 2. The van der Waals surface area contributed by atoms with Gasteiger partial charge in [-0.15, -0.1) is 0 Å². The van der Waals surface area contributed by atoms with Gasteiger partial charge in [0.05, 0.1) is 6.04 Å². The van der Waals surface area contributed by atoms with Crippen LogP contribution in [0.5, 0.6) is 0 Å². The zero-order valence-electron chi connectivity index (χ0n) is 20.2. The van der Waals surface area contributed by atoms with Gasteiger partial charge in [0.25, 0.3) is 0 Å². The minimum Gasteiger partial charge on any atom is -0.349 e. The minimum absolute atomic E-state index is 0.00778. The molecule has 3 rings (SSSR count). The molecule has 0 unspecified atom stereocenters. The van der Waals surface area contributed by atoms with Crippen LogP contribution in [0.25, 0.3) is 0 Å². The van der Waals surface area contributed by atoms with E-state index in [4.69, 9.17) is 0 Å². The van der Waals surface area contributed by atoms with E-state index in [2.05, 4.69) is 55.3 Å². The van der Waals surface area contributed by atoms with Crippen molar-refractivity contribution in [2.45, 2.75) is 77.7 Å². The van der Waals surface area contributed by atoms with Crippen LogP contribution in [0.4, 0.5) is 0 Å². The first-order chi connectivity index (χ1) is 14.6. The Morgan fingerprint density at radius 3 is 2.48 bits per heavy atom. The lowest BCUT2D eigenvalue weighted by molar-refractivity contribution is -0.128. The van der Waals surface area contributed by atoms with Gasteiger partial charge in [-0.05, 0) is 73.7 Å². The Morgan fingerprint density at radius 1 is 1.16 bits per heavy atom. The van der Waals surface area contributed by atoms with Crippen LogP contribution in [0, 0.1) is 5.41 Å². The summed E-state index contributed by atoms with van der Waals surface area (Å²) < 4.78 is 0. The number of benzene rings is 1. The molecule has 1 aliphatic heterocycles. The zero-order chi connectivity index (χ0) is 22.6. The second-order valence-electron chi connectivity index (χ2n) is 10.9. The fraction of sp³-hybridized carbons (Fsp3) is 0.692.